The van der Waals surface area contributed by atoms with Gasteiger partial charge < -0.3 is 20.9 Å². The summed E-state index contributed by atoms with van der Waals surface area (Å²) >= 11 is 0. The van der Waals surface area contributed by atoms with Crippen LogP contribution in [0.25, 0.3) is 0 Å². The Morgan fingerprint density at radius 1 is 1.36 bits per heavy atom. The Morgan fingerprint density at radius 2 is 2.09 bits per heavy atom. The number of aliphatic hydroxyl groups excluding tert-OH is 1. The lowest BCUT2D eigenvalue weighted by Crippen LogP contribution is -2.26. The lowest BCUT2D eigenvalue weighted by molar-refractivity contribution is -0.274. The number of nitrogens with one attached hydrogen (secondary N) is 1. The lowest BCUT2D eigenvalue weighted by Gasteiger charge is -2.15. The van der Waals surface area contributed by atoms with Gasteiger partial charge >= 0.3 is 6.36 Å². The molecule has 2 rings (SSSR count). The Balaban J connectivity index is 2.00. The predicted octanol–water partition coefficient (Wildman–Crippen LogP) is 2.47. The molecule has 1 fully saturated rings. The number of benzene rings is 1. The molecule has 0 aliphatic heterocycles. The normalized spacial score (nSPS) is 22.6. The fourth-order valence-corrected chi connectivity index (χ4v) is 2.41. The third kappa shape index (κ3) is 4.80. The van der Waals surface area contributed by atoms with Gasteiger partial charge in [-0.3, -0.25) is 4.99 Å². The minimum absolute atomic E-state index is 0.0164. The zero-order valence-corrected chi connectivity index (χ0v) is 11.8. The molecule has 0 heterocycles. The average Bonchev–Trinajstić information content (AvgIpc) is 2.83. The second-order valence-electron chi connectivity index (χ2n) is 5.15. The van der Waals surface area contributed by atoms with Crippen molar-refractivity contribution >= 4 is 11.6 Å². The van der Waals surface area contributed by atoms with Crippen molar-refractivity contribution in [1.82, 2.24) is 0 Å². The van der Waals surface area contributed by atoms with E-state index in [1.165, 1.54) is 18.2 Å². The van der Waals surface area contributed by atoms with E-state index in [0.29, 0.717) is 6.54 Å². The van der Waals surface area contributed by atoms with Crippen LogP contribution in [-0.4, -0.2) is 30.1 Å². The number of aliphatic hydroxyl groups is 1. The molecule has 8 heteroatoms. The molecule has 1 saturated carbocycles. The fourth-order valence-electron chi connectivity index (χ4n) is 2.41. The number of hydrogen-bond acceptors (Lipinski definition) is 3. The van der Waals surface area contributed by atoms with Crippen molar-refractivity contribution in [2.45, 2.75) is 31.7 Å². The van der Waals surface area contributed by atoms with Crippen LogP contribution < -0.4 is 15.8 Å². The van der Waals surface area contributed by atoms with Crippen LogP contribution in [0.2, 0.25) is 0 Å². The first-order chi connectivity index (χ1) is 10.3. The highest BCUT2D eigenvalue weighted by Crippen LogP contribution is 2.30. The van der Waals surface area contributed by atoms with Gasteiger partial charge in [0.1, 0.15) is 0 Å². The van der Waals surface area contributed by atoms with Gasteiger partial charge in [-0.1, -0.05) is 18.6 Å². The summed E-state index contributed by atoms with van der Waals surface area (Å²) in [6, 6.07) is 5.58. The quantitative estimate of drug-likeness (QED) is 0.589. The summed E-state index contributed by atoms with van der Waals surface area (Å²) in [5.41, 5.74) is 5.76. The van der Waals surface area contributed by atoms with Crippen LogP contribution in [0.1, 0.15) is 19.3 Å². The van der Waals surface area contributed by atoms with Crippen LogP contribution >= 0.6 is 0 Å². The second kappa shape index (κ2) is 6.87. The smallest absolute Gasteiger partial charge is 0.404 e. The van der Waals surface area contributed by atoms with Gasteiger partial charge in [0.25, 0.3) is 0 Å². The summed E-state index contributed by atoms with van der Waals surface area (Å²) in [5, 5.41) is 12.3. The Bertz CT molecular complexity index is 534. The van der Waals surface area contributed by atoms with Gasteiger partial charge in [-0.05, 0) is 25.0 Å². The van der Waals surface area contributed by atoms with Crippen molar-refractivity contribution < 1.29 is 23.0 Å². The molecule has 0 bridgehead atoms. The molecule has 1 aliphatic carbocycles. The maximum absolute atomic E-state index is 12.3. The van der Waals surface area contributed by atoms with E-state index >= 15 is 0 Å². The van der Waals surface area contributed by atoms with Crippen molar-refractivity contribution in [3.05, 3.63) is 24.3 Å². The van der Waals surface area contributed by atoms with Gasteiger partial charge in [0.15, 0.2) is 11.7 Å². The zero-order chi connectivity index (χ0) is 16.2. The van der Waals surface area contributed by atoms with E-state index < -0.39 is 12.5 Å². The molecule has 1 aromatic rings. The largest absolute Gasteiger partial charge is 0.573 e. The van der Waals surface area contributed by atoms with Crippen molar-refractivity contribution in [2.75, 3.05) is 11.9 Å². The Labute approximate surface area is 126 Å². The van der Waals surface area contributed by atoms with Crippen LogP contribution in [-0.2, 0) is 0 Å². The van der Waals surface area contributed by atoms with Crippen molar-refractivity contribution in [2.24, 2.45) is 16.6 Å². The number of halogens is 3. The number of guanidine groups is 1. The first-order valence-electron chi connectivity index (χ1n) is 6.95. The van der Waals surface area contributed by atoms with E-state index in [4.69, 9.17) is 5.73 Å². The number of nitrogens with zero attached hydrogens (tertiary/aromatic N) is 1. The molecule has 4 N–H and O–H groups in total. The van der Waals surface area contributed by atoms with Crippen LogP contribution in [0.3, 0.4) is 0 Å². The molecule has 2 atom stereocenters. The molecular weight excluding hydrogens is 299 g/mol. The van der Waals surface area contributed by atoms with Gasteiger partial charge in [-0.15, -0.1) is 13.2 Å². The van der Waals surface area contributed by atoms with E-state index in [1.807, 2.05) is 0 Å². The molecule has 0 amide bonds. The standard InChI is InChI=1S/C14H18F3N3O2/c15-14(16,17)22-12-7-2-1-5-10(12)20-13(18)19-8-9-4-3-6-11(9)21/h1-2,5,7,9,11,21H,3-4,6,8H2,(H3,18,19,20). The molecule has 0 spiro atoms. The second-order valence-corrected chi connectivity index (χ2v) is 5.15. The molecule has 122 valence electrons. The van der Waals surface area contributed by atoms with E-state index in [1.54, 1.807) is 6.07 Å². The highest BCUT2D eigenvalue weighted by molar-refractivity contribution is 5.93. The number of alkyl halides is 3. The molecule has 0 saturated heterocycles. The molecule has 2 unspecified atom stereocenters. The first kappa shape index (κ1) is 16.4. The summed E-state index contributed by atoms with van der Waals surface area (Å²) in [6.07, 6.45) is -2.62. The average molecular weight is 317 g/mol. The van der Waals surface area contributed by atoms with Crippen LogP contribution in [0.4, 0.5) is 18.9 Å². The van der Waals surface area contributed by atoms with E-state index in [9.17, 15) is 18.3 Å². The number of nitrogens with two attached hydrogens (primary N) is 1. The summed E-state index contributed by atoms with van der Waals surface area (Å²) in [4.78, 5) is 4.08. The number of rotatable bonds is 4. The number of anilines is 1. The van der Waals surface area contributed by atoms with Crippen molar-refractivity contribution in [1.29, 1.82) is 0 Å². The molecule has 0 radical (unpaired) electrons. The van der Waals surface area contributed by atoms with Crippen LogP contribution in [0.5, 0.6) is 5.75 Å². The number of hydrogen-bond donors (Lipinski definition) is 3. The monoisotopic (exact) mass is 317 g/mol. The summed E-state index contributed by atoms with van der Waals surface area (Å²) in [5.74, 6) is -0.353. The first-order valence-corrected chi connectivity index (χ1v) is 6.95. The SMILES string of the molecule is NC(=NCC1CCCC1O)Nc1ccccc1OC(F)(F)F. The van der Waals surface area contributed by atoms with Crippen LogP contribution in [0.15, 0.2) is 29.3 Å². The van der Waals surface area contributed by atoms with E-state index in [-0.39, 0.29) is 23.3 Å². The summed E-state index contributed by atoms with van der Waals surface area (Å²) in [7, 11) is 0. The van der Waals surface area contributed by atoms with Crippen molar-refractivity contribution in [3.63, 3.8) is 0 Å². The molecule has 1 aliphatic rings. The Kier molecular flexibility index (Phi) is 5.12. The van der Waals surface area contributed by atoms with Gasteiger partial charge in [-0.25, -0.2) is 0 Å². The molecule has 5 nitrogen and oxygen atoms in total. The molecular formula is C14H18F3N3O2. The molecule has 1 aromatic carbocycles. The molecule has 22 heavy (non-hydrogen) atoms. The maximum Gasteiger partial charge on any atom is 0.573 e. The van der Waals surface area contributed by atoms with Crippen molar-refractivity contribution in [3.8, 4) is 5.75 Å². The van der Waals surface area contributed by atoms with Gasteiger partial charge in [0.05, 0.1) is 11.8 Å². The minimum atomic E-state index is -4.78. The predicted molar refractivity (Wildman–Crippen MR) is 76.6 cm³/mol. The topological polar surface area (TPSA) is 79.9 Å². The number of ether oxygens (including phenoxy) is 1. The third-order valence-corrected chi connectivity index (χ3v) is 3.49. The summed E-state index contributed by atoms with van der Waals surface area (Å²) < 4.78 is 40.9. The van der Waals surface area contributed by atoms with E-state index in [2.05, 4.69) is 15.0 Å². The minimum Gasteiger partial charge on any atom is -0.404 e. The fraction of sp³-hybridized carbons (Fsp3) is 0.500. The lowest BCUT2D eigenvalue weighted by atomic mass is 10.1. The molecule has 0 aromatic heterocycles. The van der Waals surface area contributed by atoms with E-state index in [0.717, 1.165) is 19.3 Å². The summed E-state index contributed by atoms with van der Waals surface area (Å²) in [6.45, 7) is 0.336. The highest BCUT2D eigenvalue weighted by Gasteiger charge is 2.32. The Morgan fingerprint density at radius 3 is 2.73 bits per heavy atom. The van der Waals surface area contributed by atoms with Gasteiger partial charge in [0.2, 0.25) is 0 Å². The number of aliphatic imine (C=N–C) groups is 1. The maximum atomic E-state index is 12.3. The van der Waals surface area contributed by atoms with Gasteiger partial charge in [0, 0.05) is 12.5 Å². The zero-order valence-electron chi connectivity index (χ0n) is 11.8. The number of para-hydroxylation sites is 2. The third-order valence-electron chi connectivity index (χ3n) is 3.49. The Hall–Kier alpha value is -1.96. The van der Waals surface area contributed by atoms with Crippen LogP contribution in [0, 0.1) is 5.92 Å². The highest BCUT2D eigenvalue weighted by atomic mass is 19.4. The van der Waals surface area contributed by atoms with Gasteiger partial charge in [-0.2, -0.15) is 0 Å².